The van der Waals surface area contributed by atoms with Gasteiger partial charge in [-0.2, -0.15) is 0 Å². The van der Waals surface area contributed by atoms with E-state index in [0.29, 0.717) is 18.1 Å². The van der Waals surface area contributed by atoms with Crippen molar-refractivity contribution >= 4 is 28.8 Å². The Labute approximate surface area is 221 Å². The van der Waals surface area contributed by atoms with Crippen LogP contribution in [0.3, 0.4) is 0 Å². The molecule has 0 spiro atoms. The summed E-state index contributed by atoms with van der Waals surface area (Å²) in [4.78, 5) is 13.7. The molecular weight excluding hydrogens is 480 g/mol. The number of hydrogen-bond acceptors (Lipinski definition) is 4. The van der Waals surface area contributed by atoms with Gasteiger partial charge in [0.05, 0.1) is 17.4 Å². The van der Waals surface area contributed by atoms with Gasteiger partial charge in [-0.15, -0.1) is 0 Å². The summed E-state index contributed by atoms with van der Waals surface area (Å²) in [5, 5.41) is 7.94. The number of allylic oxidation sites excluding steroid dienone is 1. The number of carbonyl (C=O) groups excluding carboxylic acids is 1. The summed E-state index contributed by atoms with van der Waals surface area (Å²) in [5.74, 6) is 0.961. The normalized spacial score (nSPS) is 18.7. The smallest absolute Gasteiger partial charge is 0.163 e. The van der Waals surface area contributed by atoms with Crippen molar-refractivity contribution in [2.45, 2.75) is 31.4 Å². The minimum absolute atomic E-state index is 0.0344. The summed E-state index contributed by atoms with van der Waals surface area (Å²) in [6, 6.07) is 33.8. The summed E-state index contributed by atoms with van der Waals surface area (Å²) in [5.41, 5.74) is 6.83. The number of fused-ring (bicyclic) bond motifs is 1. The molecule has 4 aromatic carbocycles. The lowest BCUT2D eigenvalue weighted by molar-refractivity contribution is -0.116. The highest BCUT2D eigenvalue weighted by molar-refractivity contribution is 6.31. The van der Waals surface area contributed by atoms with E-state index < -0.39 is 0 Å². The van der Waals surface area contributed by atoms with Gasteiger partial charge in [0.2, 0.25) is 0 Å². The second-order valence-electron chi connectivity index (χ2n) is 9.53. The van der Waals surface area contributed by atoms with Gasteiger partial charge in [-0.1, -0.05) is 84.4 Å². The van der Waals surface area contributed by atoms with Gasteiger partial charge in [-0.05, 0) is 59.4 Å². The average Bonchev–Trinajstić information content (AvgIpc) is 3.10. The zero-order valence-corrected chi connectivity index (χ0v) is 21.0. The van der Waals surface area contributed by atoms with Gasteiger partial charge in [0.25, 0.3) is 0 Å². The highest BCUT2D eigenvalue weighted by Gasteiger charge is 2.36. The van der Waals surface area contributed by atoms with Crippen LogP contribution in [0.2, 0.25) is 5.02 Å². The van der Waals surface area contributed by atoms with Crippen LogP contribution in [0.15, 0.2) is 114 Å². The Bertz CT molecular complexity index is 1460. The van der Waals surface area contributed by atoms with E-state index in [4.69, 9.17) is 16.3 Å². The highest BCUT2D eigenvalue weighted by Crippen LogP contribution is 2.45. The fourth-order valence-electron chi connectivity index (χ4n) is 5.27. The molecule has 0 radical (unpaired) electrons. The van der Waals surface area contributed by atoms with Crippen molar-refractivity contribution in [3.05, 3.63) is 136 Å². The molecule has 37 heavy (non-hydrogen) atoms. The van der Waals surface area contributed by atoms with Gasteiger partial charge in [0.15, 0.2) is 5.78 Å². The van der Waals surface area contributed by atoms with Gasteiger partial charge in [0.1, 0.15) is 12.4 Å². The van der Waals surface area contributed by atoms with Gasteiger partial charge < -0.3 is 15.4 Å². The van der Waals surface area contributed by atoms with Gasteiger partial charge >= 0.3 is 0 Å². The zero-order valence-electron chi connectivity index (χ0n) is 20.3. The molecule has 0 fully saturated rings. The van der Waals surface area contributed by atoms with E-state index in [1.165, 1.54) is 0 Å². The molecule has 0 saturated heterocycles. The predicted molar refractivity (Wildman–Crippen MR) is 149 cm³/mol. The SMILES string of the molecule is O=C1CC(c2ccccc2Cl)CC2=C1C(c1ccc(OCc3ccccc3)cc1)Nc1ccccc1N2. The molecule has 2 atom stereocenters. The number of nitrogens with one attached hydrogen (secondary N) is 2. The molecule has 2 N–H and O–H groups in total. The highest BCUT2D eigenvalue weighted by atomic mass is 35.5. The number of para-hydroxylation sites is 2. The maximum Gasteiger partial charge on any atom is 0.163 e. The first-order valence-electron chi connectivity index (χ1n) is 12.6. The molecule has 1 aliphatic heterocycles. The first kappa shape index (κ1) is 23.4. The Morgan fingerprint density at radius 3 is 2.27 bits per heavy atom. The van der Waals surface area contributed by atoms with Gasteiger partial charge in [0, 0.05) is 22.7 Å². The van der Waals surface area contributed by atoms with E-state index in [-0.39, 0.29) is 17.7 Å². The summed E-state index contributed by atoms with van der Waals surface area (Å²) in [6.07, 6.45) is 1.15. The number of ketones is 1. The topological polar surface area (TPSA) is 50.4 Å². The predicted octanol–water partition coefficient (Wildman–Crippen LogP) is 7.90. The molecule has 2 aliphatic rings. The Morgan fingerprint density at radius 1 is 0.784 bits per heavy atom. The van der Waals surface area contributed by atoms with Crippen LogP contribution in [0.4, 0.5) is 11.4 Å². The van der Waals surface area contributed by atoms with Gasteiger partial charge in [-0.25, -0.2) is 0 Å². The van der Waals surface area contributed by atoms with Crippen molar-refractivity contribution in [2.75, 3.05) is 10.6 Å². The maximum atomic E-state index is 13.7. The molecule has 0 aromatic heterocycles. The minimum atomic E-state index is -0.269. The van der Waals surface area contributed by atoms with Crippen molar-refractivity contribution < 1.29 is 9.53 Å². The maximum absolute atomic E-state index is 13.7. The molecule has 1 aliphatic carbocycles. The lowest BCUT2D eigenvalue weighted by Gasteiger charge is -2.30. The van der Waals surface area contributed by atoms with Crippen molar-refractivity contribution in [3.63, 3.8) is 0 Å². The molecule has 4 nitrogen and oxygen atoms in total. The fourth-order valence-corrected chi connectivity index (χ4v) is 5.56. The molecular formula is C32H27ClN2O2. The Kier molecular flexibility index (Phi) is 6.42. The number of carbonyl (C=O) groups is 1. The molecule has 1 heterocycles. The molecule has 0 bridgehead atoms. The van der Waals surface area contributed by atoms with Gasteiger partial charge in [-0.3, -0.25) is 4.79 Å². The monoisotopic (exact) mass is 506 g/mol. The number of halogens is 1. The Morgan fingerprint density at radius 2 is 1.49 bits per heavy atom. The third kappa shape index (κ3) is 4.85. The van der Waals surface area contributed by atoms with Crippen LogP contribution in [0.1, 0.15) is 41.5 Å². The van der Waals surface area contributed by atoms with Crippen LogP contribution < -0.4 is 15.4 Å². The van der Waals surface area contributed by atoms with Crippen LogP contribution >= 0.6 is 11.6 Å². The first-order chi connectivity index (χ1) is 18.2. The fraction of sp³-hybridized carbons (Fsp3) is 0.156. The second kappa shape index (κ2) is 10.2. The van der Waals surface area contributed by atoms with Crippen LogP contribution in [0.5, 0.6) is 5.75 Å². The minimum Gasteiger partial charge on any atom is -0.489 e. The van der Waals surface area contributed by atoms with E-state index in [1.54, 1.807) is 0 Å². The van der Waals surface area contributed by atoms with Crippen LogP contribution in [0, 0.1) is 0 Å². The van der Waals surface area contributed by atoms with E-state index in [9.17, 15) is 4.79 Å². The Balaban J connectivity index is 1.32. The molecule has 5 heteroatoms. The third-order valence-electron chi connectivity index (χ3n) is 7.12. The molecule has 184 valence electrons. The lowest BCUT2D eigenvalue weighted by atomic mass is 9.78. The quantitative estimate of drug-likeness (QED) is 0.289. The lowest BCUT2D eigenvalue weighted by Crippen LogP contribution is -2.27. The second-order valence-corrected chi connectivity index (χ2v) is 9.94. The molecule has 0 saturated carbocycles. The first-order valence-corrected chi connectivity index (χ1v) is 12.9. The van der Waals surface area contributed by atoms with Crippen molar-refractivity contribution in [1.29, 1.82) is 0 Å². The van der Waals surface area contributed by atoms with E-state index >= 15 is 0 Å². The molecule has 0 amide bonds. The number of hydrogen-bond donors (Lipinski definition) is 2. The molecule has 6 rings (SSSR count). The third-order valence-corrected chi connectivity index (χ3v) is 7.46. The summed E-state index contributed by atoms with van der Waals surface area (Å²) in [7, 11) is 0. The zero-order chi connectivity index (χ0) is 25.2. The number of anilines is 2. The van der Waals surface area contributed by atoms with Crippen LogP contribution in [-0.2, 0) is 11.4 Å². The van der Waals surface area contributed by atoms with E-state index in [2.05, 4.69) is 10.6 Å². The van der Waals surface area contributed by atoms with Crippen molar-refractivity contribution in [2.24, 2.45) is 0 Å². The number of benzene rings is 4. The van der Waals surface area contributed by atoms with Crippen molar-refractivity contribution in [3.8, 4) is 5.75 Å². The summed E-state index contributed by atoms with van der Waals surface area (Å²) >= 11 is 6.53. The largest absolute Gasteiger partial charge is 0.489 e. The Hall–Kier alpha value is -4.02. The summed E-state index contributed by atoms with van der Waals surface area (Å²) < 4.78 is 5.99. The van der Waals surface area contributed by atoms with Crippen molar-refractivity contribution in [1.82, 2.24) is 0 Å². The number of rotatable bonds is 5. The summed E-state index contributed by atoms with van der Waals surface area (Å²) in [6.45, 7) is 0.510. The van der Waals surface area contributed by atoms with E-state index in [1.807, 2.05) is 103 Å². The standard InChI is InChI=1S/C32H27ClN2O2/c33-26-11-5-4-10-25(26)23-18-29-31(30(36)19-23)32(35-28-13-7-6-12-27(28)34-29)22-14-16-24(17-15-22)37-20-21-8-2-1-3-9-21/h1-17,23,32,34-35H,18-20H2. The molecule has 4 aromatic rings. The number of Topliss-reactive ketones (excluding diaryl/α,β-unsaturated/α-hetero) is 1. The van der Waals surface area contributed by atoms with Crippen LogP contribution in [-0.4, -0.2) is 5.78 Å². The van der Waals surface area contributed by atoms with Crippen LogP contribution in [0.25, 0.3) is 0 Å². The molecule has 2 unspecified atom stereocenters. The van der Waals surface area contributed by atoms with E-state index in [0.717, 1.165) is 51.5 Å². The number of ether oxygens (including phenoxy) is 1. The average molecular weight is 507 g/mol.